The van der Waals surface area contributed by atoms with Gasteiger partial charge in [0.2, 0.25) is 0 Å². The van der Waals surface area contributed by atoms with Crippen LogP contribution in [0.2, 0.25) is 0 Å². The van der Waals surface area contributed by atoms with Gasteiger partial charge in [-0.2, -0.15) is 5.10 Å². The fourth-order valence-corrected chi connectivity index (χ4v) is 4.47. The Morgan fingerprint density at radius 3 is 2.79 bits per heavy atom. The number of aliphatic hydroxyl groups excluding tert-OH is 1. The summed E-state index contributed by atoms with van der Waals surface area (Å²) in [7, 11) is 0. The highest BCUT2D eigenvalue weighted by Gasteiger charge is 2.24. The zero-order chi connectivity index (χ0) is 16.9. The zero-order valence-corrected chi connectivity index (χ0v) is 15.4. The van der Waals surface area contributed by atoms with Gasteiger partial charge in [0.1, 0.15) is 0 Å². The molecule has 1 aromatic heterocycles. The Morgan fingerprint density at radius 2 is 2.04 bits per heavy atom. The third kappa shape index (κ3) is 4.21. The van der Waals surface area contributed by atoms with E-state index >= 15 is 0 Å². The molecular weight excluding hydrogens is 318 g/mol. The molecule has 2 heterocycles. The number of aromatic nitrogens is 2. The molecule has 3 rings (SSSR count). The van der Waals surface area contributed by atoms with Crippen LogP contribution in [0.4, 0.5) is 0 Å². The molecule has 0 aliphatic carbocycles. The second-order valence-corrected chi connectivity index (χ2v) is 7.70. The molecule has 2 aromatic rings. The number of hydrogen-bond donors (Lipinski definition) is 1. The number of thioether (sulfide) groups is 1. The van der Waals surface area contributed by atoms with Crippen LogP contribution in [0.1, 0.15) is 23.4 Å². The predicted molar refractivity (Wildman–Crippen MR) is 99.3 cm³/mol. The van der Waals surface area contributed by atoms with Crippen LogP contribution in [0.5, 0.6) is 0 Å². The van der Waals surface area contributed by atoms with E-state index in [4.69, 9.17) is 5.11 Å². The molecule has 1 atom stereocenters. The summed E-state index contributed by atoms with van der Waals surface area (Å²) in [6.45, 7) is 8.25. The van der Waals surface area contributed by atoms with Crippen molar-refractivity contribution in [3.8, 4) is 0 Å². The third-order valence-electron chi connectivity index (χ3n) is 4.82. The molecule has 1 fully saturated rings. The fourth-order valence-electron chi connectivity index (χ4n) is 3.42. The first kappa shape index (κ1) is 17.5. The molecule has 1 aromatic carbocycles. The Hall–Kier alpha value is -1.30. The fraction of sp³-hybridized carbons (Fsp3) is 0.526. The molecule has 0 saturated carbocycles. The molecule has 1 aliphatic heterocycles. The van der Waals surface area contributed by atoms with E-state index in [0.29, 0.717) is 6.54 Å². The molecule has 0 amide bonds. The van der Waals surface area contributed by atoms with Crippen LogP contribution in [0.3, 0.4) is 0 Å². The minimum Gasteiger partial charge on any atom is -0.394 e. The normalized spacial score (nSPS) is 18.4. The van der Waals surface area contributed by atoms with Crippen molar-refractivity contribution in [1.29, 1.82) is 0 Å². The van der Waals surface area contributed by atoms with E-state index in [-0.39, 0.29) is 6.61 Å². The maximum Gasteiger partial charge on any atom is 0.0644 e. The SMILES string of the molecule is Cc1nn(CCO)c(C)c1CN1CCC(CSc2ccccc2)C1. The molecule has 0 bridgehead atoms. The van der Waals surface area contributed by atoms with Gasteiger partial charge in [0, 0.05) is 35.0 Å². The first-order valence-electron chi connectivity index (χ1n) is 8.71. The van der Waals surface area contributed by atoms with E-state index < -0.39 is 0 Å². The smallest absolute Gasteiger partial charge is 0.0644 e. The van der Waals surface area contributed by atoms with Gasteiger partial charge in [-0.15, -0.1) is 11.8 Å². The van der Waals surface area contributed by atoms with Gasteiger partial charge >= 0.3 is 0 Å². The highest BCUT2D eigenvalue weighted by molar-refractivity contribution is 7.99. The van der Waals surface area contributed by atoms with Gasteiger partial charge in [-0.25, -0.2) is 0 Å². The van der Waals surface area contributed by atoms with Crippen LogP contribution in [-0.4, -0.2) is 45.2 Å². The van der Waals surface area contributed by atoms with Gasteiger partial charge in [-0.05, 0) is 44.9 Å². The molecule has 1 unspecified atom stereocenters. The number of hydrogen-bond acceptors (Lipinski definition) is 4. The van der Waals surface area contributed by atoms with Crippen molar-refractivity contribution in [3.63, 3.8) is 0 Å². The lowest BCUT2D eigenvalue weighted by atomic mass is 10.1. The summed E-state index contributed by atoms with van der Waals surface area (Å²) in [5.41, 5.74) is 3.63. The highest BCUT2D eigenvalue weighted by Crippen LogP contribution is 2.27. The molecule has 5 heteroatoms. The number of aryl methyl sites for hydroxylation is 1. The number of nitrogens with zero attached hydrogens (tertiary/aromatic N) is 3. The molecule has 1 N–H and O–H groups in total. The van der Waals surface area contributed by atoms with Crippen LogP contribution < -0.4 is 0 Å². The van der Waals surface area contributed by atoms with Crippen LogP contribution in [0, 0.1) is 19.8 Å². The van der Waals surface area contributed by atoms with Crippen LogP contribution in [0.25, 0.3) is 0 Å². The molecule has 0 spiro atoms. The maximum atomic E-state index is 9.14. The first-order valence-corrected chi connectivity index (χ1v) is 9.70. The van der Waals surface area contributed by atoms with E-state index in [2.05, 4.69) is 54.2 Å². The number of rotatable bonds is 7. The van der Waals surface area contributed by atoms with Gasteiger partial charge < -0.3 is 5.11 Å². The van der Waals surface area contributed by atoms with E-state index in [1.54, 1.807) is 0 Å². The summed E-state index contributed by atoms with van der Waals surface area (Å²) < 4.78 is 1.93. The quantitative estimate of drug-likeness (QED) is 0.783. The lowest BCUT2D eigenvalue weighted by Crippen LogP contribution is -2.21. The summed E-state index contributed by atoms with van der Waals surface area (Å²) in [5.74, 6) is 1.96. The Bertz CT molecular complexity index is 656. The topological polar surface area (TPSA) is 41.3 Å². The highest BCUT2D eigenvalue weighted by atomic mass is 32.2. The van der Waals surface area contributed by atoms with Crippen molar-refractivity contribution in [2.75, 3.05) is 25.4 Å². The zero-order valence-electron chi connectivity index (χ0n) is 14.6. The van der Waals surface area contributed by atoms with Gasteiger partial charge in [0.05, 0.1) is 18.8 Å². The molecule has 1 saturated heterocycles. The van der Waals surface area contributed by atoms with E-state index in [1.165, 1.54) is 41.4 Å². The average Bonchev–Trinajstić information content (AvgIpc) is 3.15. The summed E-state index contributed by atoms with van der Waals surface area (Å²) in [6.07, 6.45) is 1.28. The average molecular weight is 346 g/mol. The van der Waals surface area contributed by atoms with Crippen molar-refractivity contribution >= 4 is 11.8 Å². The van der Waals surface area contributed by atoms with Crippen molar-refractivity contribution in [1.82, 2.24) is 14.7 Å². The second kappa shape index (κ2) is 8.19. The molecular formula is C19H27N3OS. The second-order valence-electron chi connectivity index (χ2n) is 6.61. The van der Waals surface area contributed by atoms with Crippen molar-refractivity contribution < 1.29 is 5.11 Å². The lowest BCUT2D eigenvalue weighted by molar-refractivity contribution is 0.267. The minimum absolute atomic E-state index is 0.143. The summed E-state index contributed by atoms with van der Waals surface area (Å²) in [5, 5.41) is 13.7. The van der Waals surface area contributed by atoms with E-state index in [1.807, 2.05) is 16.4 Å². The van der Waals surface area contributed by atoms with Gasteiger partial charge in [-0.3, -0.25) is 9.58 Å². The van der Waals surface area contributed by atoms with Crippen LogP contribution in [-0.2, 0) is 13.1 Å². The molecule has 130 valence electrons. The molecule has 1 aliphatic rings. The Balaban J connectivity index is 1.53. The maximum absolute atomic E-state index is 9.14. The Labute approximate surface area is 148 Å². The van der Waals surface area contributed by atoms with E-state index in [0.717, 1.165) is 18.2 Å². The van der Waals surface area contributed by atoms with Crippen molar-refractivity contribution in [2.45, 2.75) is 38.3 Å². The lowest BCUT2D eigenvalue weighted by Gasteiger charge is -2.16. The molecule has 4 nitrogen and oxygen atoms in total. The Kier molecular flexibility index (Phi) is 5.98. The number of aliphatic hydroxyl groups is 1. The number of benzene rings is 1. The monoisotopic (exact) mass is 345 g/mol. The van der Waals surface area contributed by atoms with Gasteiger partial charge in [0.25, 0.3) is 0 Å². The number of likely N-dealkylation sites (tertiary alicyclic amines) is 1. The molecule has 0 radical (unpaired) electrons. The van der Waals surface area contributed by atoms with Gasteiger partial charge in [0.15, 0.2) is 0 Å². The Morgan fingerprint density at radius 1 is 1.25 bits per heavy atom. The van der Waals surface area contributed by atoms with Crippen LogP contribution >= 0.6 is 11.8 Å². The molecule has 24 heavy (non-hydrogen) atoms. The van der Waals surface area contributed by atoms with Crippen LogP contribution in [0.15, 0.2) is 35.2 Å². The van der Waals surface area contributed by atoms with Crippen molar-refractivity contribution in [2.24, 2.45) is 5.92 Å². The van der Waals surface area contributed by atoms with Gasteiger partial charge in [-0.1, -0.05) is 18.2 Å². The summed E-state index contributed by atoms with van der Waals surface area (Å²) >= 11 is 1.97. The summed E-state index contributed by atoms with van der Waals surface area (Å²) in [4.78, 5) is 3.92. The largest absolute Gasteiger partial charge is 0.394 e. The first-order chi connectivity index (χ1) is 11.7. The minimum atomic E-state index is 0.143. The standard InChI is InChI=1S/C19H27N3OS/c1-15-19(16(2)22(20-15)10-11-23)13-21-9-8-17(12-21)14-24-18-6-4-3-5-7-18/h3-7,17,23H,8-14H2,1-2H3. The van der Waals surface area contributed by atoms with E-state index in [9.17, 15) is 0 Å². The third-order valence-corrected chi connectivity index (χ3v) is 6.07. The van der Waals surface area contributed by atoms with Crippen molar-refractivity contribution in [3.05, 3.63) is 47.3 Å². The summed E-state index contributed by atoms with van der Waals surface area (Å²) in [6, 6.07) is 10.7. The predicted octanol–water partition coefficient (Wildman–Crippen LogP) is 3.11.